The lowest BCUT2D eigenvalue weighted by Gasteiger charge is -2.37. The summed E-state index contributed by atoms with van der Waals surface area (Å²) in [4.78, 5) is 9.82. The molecule has 128 valence electrons. The molecular formula is C18H20F3N3. The minimum absolute atomic E-state index is 0.0159. The maximum absolute atomic E-state index is 13.0. The van der Waals surface area contributed by atoms with E-state index in [2.05, 4.69) is 23.0 Å². The zero-order valence-corrected chi connectivity index (χ0v) is 13.8. The largest absolute Gasteiger partial charge is 0.433 e. The Morgan fingerprint density at radius 2 is 1.92 bits per heavy atom. The molecule has 24 heavy (non-hydrogen) atoms. The van der Waals surface area contributed by atoms with E-state index in [1.54, 1.807) is 0 Å². The molecule has 1 unspecified atom stereocenters. The van der Waals surface area contributed by atoms with Gasteiger partial charge in [-0.3, -0.25) is 0 Å². The lowest BCUT2D eigenvalue weighted by molar-refractivity contribution is -0.141. The first-order chi connectivity index (χ1) is 11.4. The van der Waals surface area contributed by atoms with Gasteiger partial charge in [-0.2, -0.15) is 13.2 Å². The molecule has 0 radical (unpaired) electrons. The number of aryl methyl sites for hydroxylation is 1. The van der Waals surface area contributed by atoms with Crippen LogP contribution in [0.15, 0.2) is 30.5 Å². The van der Waals surface area contributed by atoms with E-state index in [1.807, 2.05) is 24.0 Å². The third-order valence-electron chi connectivity index (χ3n) is 4.70. The summed E-state index contributed by atoms with van der Waals surface area (Å²) in [7, 11) is 0. The van der Waals surface area contributed by atoms with Gasteiger partial charge in [0.25, 0.3) is 0 Å². The third kappa shape index (κ3) is 3.23. The zero-order chi connectivity index (χ0) is 17.3. The standard InChI is InChI=1S/C18H20F3N3/c1-12-6-5-7-14(13(12)2)15-8-3-4-11-24(15)17-22-10-9-16(23-17)18(19,20)21/h5-7,9-10,15H,3-4,8,11H2,1-2H3. The number of hydrogen-bond donors (Lipinski definition) is 0. The molecule has 1 aromatic carbocycles. The van der Waals surface area contributed by atoms with Crippen molar-refractivity contribution in [2.75, 3.05) is 11.4 Å². The van der Waals surface area contributed by atoms with Crippen LogP contribution in [0.4, 0.5) is 19.1 Å². The van der Waals surface area contributed by atoms with Crippen LogP contribution < -0.4 is 4.90 Å². The SMILES string of the molecule is Cc1cccc(C2CCCCN2c2nccc(C(F)(F)F)n2)c1C. The van der Waals surface area contributed by atoms with E-state index in [4.69, 9.17) is 0 Å². The van der Waals surface area contributed by atoms with Crippen LogP contribution in [-0.2, 0) is 6.18 Å². The van der Waals surface area contributed by atoms with E-state index in [-0.39, 0.29) is 12.0 Å². The number of nitrogens with zero attached hydrogens (tertiary/aromatic N) is 3. The van der Waals surface area contributed by atoms with Crippen molar-refractivity contribution < 1.29 is 13.2 Å². The molecule has 0 amide bonds. The Hall–Kier alpha value is -2.11. The van der Waals surface area contributed by atoms with Gasteiger partial charge in [-0.05, 0) is 55.9 Å². The van der Waals surface area contributed by atoms with Crippen LogP contribution in [0, 0.1) is 13.8 Å². The van der Waals surface area contributed by atoms with E-state index in [0.29, 0.717) is 6.54 Å². The predicted molar refractivity (Wildman–Crippen MR) is 86.9 cm³/mol. The van der Waals surface area contributed by atoms with Crippen LogP contribution in [0.5, 0.6) is 0 Å². The first-order valence-corrected chi connectivity index (χ1v) is 8.11. The molecule has 0 N–H and O–H groups in total. The fraction of sp³-hybridized carbons (Fsp3) is 0.444. The summed E-state index contributed by atoms with van der Waals surface area (Å²) in [5, 5.41) is 0. The second-order valence-corrected chi connectivity index (χ2v) is 6.23. The molecule has 0 bridgehead atoms. The van der Waals surface area contributed by atoms with Gasteiger partial charge in [0.2, 0.25) is 5.95 Å². The summed E-state index contributed by atoms with van der Waals surface area (Å²) in [6, 6.07) is 7.03. The van der Waals surface area contributed by atoms with E-state index in [1.165, 1.54) is 17.3 Å². The van der Waals surface area contributed by atoms with Gasteiger partial charge in [0, 0.05) is 12.7 Å². The molecule has 1 aliphatic rings. The normalized spacial score (nSPS) is 18.7. The average Bonchev–Trinajstić information content (AvgIpc) is 2.57. The number of hydrogen-bond acceptors (Lipinski definition) is 3. The van der Waals surface area contributed by atoms with Gasteiger partial charge in [-0.15, -0.1) is 0 Å². The summed E-state index contributed by atoms with van der Waals surface area (Å²) >= 11 is 0. The fourth-order valence-electron chi connectivity index (χ4n) is 3.27. The highest BCUT2D eigenvalue weighted by atomic mass is 19.4. The molecule has 3 rings (SSSR count). The maximum Gasteiger partial charge on any atom is 0.433 e. The highest BCUT2D eigenvalue weighted by Gasteiger charge is 2.34. The quantitative estimate of drug-likeness (QED) is 0.786. The summed E-state index contributed by atoms with van der Waals surface area (Å²) in [6.45, 7) is 4.77. The Morgan fingerprint density at radius 1 is 1.12 bits per heavy atom. The van der Waals surface area contributed by atoms with Gasteiger partial charge in [0.05, 0.1) is 6.04 Å². The molecule has 1 atom stereocenters. The average molecular weight is 335 g/mol. The van der Waals surface area contributed by atoms with Gasteiger partial charge in [0.1, 0.15) is 5.69 Å². The topological polar surface area (TPSA) is 29.0 Å². The van der Waals surface area contributed by atoms with Gasteiger partial charge >= 0.3 is 6.18 Å². The first-order valence-electron chi connectivity index (χ1n) is 8.11. The van der Waals surface area contributed by atoms with Crippen molar-refractivity contribution in [3.8, 4) is 0 Å². The molecule has 2 aromatic rings. The second kappa shape index (κ2) is 6.42. The van der Waals surface area contributed by atoms with Crippen molar-refractivity contribution in [3.05, 3.63) is 52.8 Å². The Kier molecular flexibility index (Phi) is 4.47. The van der Waals surface area contributed by atoms with Gasteiger partial charge in [0.15, 0.2) is 0 Å². The number of alkyl halides is 3. The fourth-order valence-corrected chi connectivity index (χ4v) is 3.27. The zero-order valence-electron chi connectivity index (χ0n) is 13.8. The summed E-state index contributed by atoms with van der Waals surface area (Å²) in [5.41, 5.74) is 2.62. The summed E-state index contributed by atoms with van der Waals surface area (Å²) < 4.78 is 38.9. The molecule has 6 heteroatoms. The van der Waals surface area contributed by atoms with Crippen molar-refractivity contribution >= 4 is 5.95 Å². The van der Waals surface area contributed by atoms with E-state index >= 15 is 0 Å². The lowest BCUT2D eigenvalue weighted by atomic mass is 9.90. The van der Waals surface area contributed by atoms with Crippen LogP contribution in [-0.4, -0.2) is 16.5 Å². The Labute approximate surface area is 139 Å². The molecule has 3 nitrogen and oxygen atoms in total. The summed E-state index contributed by atoms with van der Waals surface area (Å²) in [5.74, 6) is 0.162. The lowest BCUT2D eigenvalue weighted by Crippen LogP contribution is -2.35. The smallest absolute Gasteiger partial charge is 0.334 e. The molecule has 1 fully saturated rings. The number of halogens is 3. The van der Waals surface area contributed by atoms with Crippen molar-refractivity contribution in [1.29, 1.82) is 0 Å². The van der Waals surface area contributed by atoms with E-state index < -0.39 is 11.9 Å². The van der Waals surface area contributed by atoms with Gasteiger partial charge < -0.3 is 4.90 Å². The molecule has 1 aliphatic heterocycles. The van der Waals surface area contributed by atoms with Crippen molar-refractivity contribution in [1.82, 2.24) is 9.97 Å². The molecule has 1 aromatic heterocycles. The minimum atomic E-state index is -4.46. The van der Waals surface area contributed by atoms with Crippen molar-refractivity contribution in [3.63, 3.8) is 0 Å². The predicted octanol–water partition coefficient (Wildman–Crippen LogP) is 4.84. The maximum atomic E-state index is 13.0. The Morgan fingerprint density at radius 3 is 2.67 bits per heavy atom. The van der Waals surface area contributed by atoms with Crippen molar-refractivity contribution in [2.24, 2.45) is 0 Å². The first kappa shape index (κ1) is 16.7. The third-order valence-corrected chi connectivity index (χ3v) is 4.70. The van der Waals surface area contributed by atoms with Gasteiger partial charge in [-0.1, -0.05) is 18.2 Å². The molecule has 2 heterocycles. The van der Waals surface area contributed by atoms with Gasteiger partial charge in [-0.25, -0.2) is 9.97 Å². The highest BCUT2D eigenvalue weighted by Crippen LogP contribution is 2.36. The molecule has 0 spiro atoms. The van der Waals surface area contributed by atoms with Crippen LogP contribution in [0.1, 0.15) is 47.7 Å². The minimum Gasteiger partial charge on any atom is -0.334 e. The number of piperidine rings is 1. The number of anilines is 1. The number of rotatable bonds is 2. The molecular weight excluding hydrogens is 315 g/mol. The van der Waals surface area contributed by atoms with E-state index in [9.17, 15) is 13.2 Å². The van der Waals surface area contributed by atoms with Crippen LogP contribution in [0.2, 0.25) is 0 Å². The number of aromatic nitrogens is 2. The number of benzene rings is 1. The summed E-state index contributed by atoms with van der Waals surface area (Å²) in [6.07, 6.45) is -0.388. The van der Waals surface area contributed by atoms with Crippen molar-refractivity contribution in [2.45, 2.75) is 45.3 Å². The Bertz CT molecular complexity index is 728. The molecule has 1 saturated heterocycles. The molecule has 0 aliphatic carbocycles. The van der Waals surface area contributed by atoms with Crippen LogP contribution in [0.25, 0.3) is 0 Å². The highest BCUT2D eigenvalue weighted by molar-refractivity contribution is 5.43. The van der Waals surface area contributed by atoms with Crippen LogP contribution >= 0.6 is 0 Å². The monoisotopic (exact) mass is 335 g/mol. The Balaban J connectivity index is 2.00. The van der Waals surface area contributed by atoms with Crippen LogP contribution in [0.3, 0.4) is 0 Å². The molecule has 0 saturated carbocycles. The second-order valence-electron chi connectivity index (χ2n) is 6.23. The van der Waals surface area contributed by atoms with E-state index in [0.717, 1.165) is 30.9 Å².